The second-order valence-corrected chi connectivity index (χ2v) is 4.02. The number of rotatable bonds is 3. The quantitative estimate of drug-likeness (QED) is 0.698. The van der Waals surface area contributed by atoms with Crippen molar-refractivity contribution < 1.29 is 0 Å². The van der Waals surface area contributed by atoms with Crippen LogP contribution < -0.4 is 0 Å². The maximum absolute atomic E-state index is 4.39. The first-order valence-corrected chi connectivity index (χ1v) is 4.86. The maximum atomic E-state index is 4.39. The average molecular weight is 179 g/mol. The lowest BCUT2D eigenvalue weighted by Crippen LogP contribution is -2.22. The first-order chi connectivity index (χ1) is 6.18. The first-order valence-electron chi connectivity index (χ1n) is 4.86. The van der Waals surface area contributed by atoms with Crippen molar-refractivity contribution in [1.82, 2.24) is 14.5 Å². The van der Waals surface area contributed by atoms with Gasteiger partial charge in [0.05, 0.1) is 6.54 Å². The van der Waals surface area contributed by atoms with Crippen LogP contribution in [0.1, 0.15) is 24.4 Å². The van der Waals surface area contributed by atoms with E-state index in [1.165, 1.54) is 24.4 Å². The van der Waals surface area contributed by atoms with Gasteiger partial charge in [-0.1, -0.05) is 0 Å². The molecule has 3 nitrogen and oxygen atoms in total. The van der Waals surface area contributed by atoms with Crippen molar-refractivity contribution in [1.29, 1.82) is 0 Å². The SMILES string of the molecule is Cc1cnc(CN(C)C2CC2)n1C. The molecule has 3 heteroatoms. The van der Waals surface area contributed by atoms with Crippen LogP contribution in [0.2, 0.25) is 0 Å². The molecule has 1 aromatic rings. The lowest BCUT2D eigenvalue weighted by molar-refractivity contribution is 0.304. The van der Waals surface area contributed by atoms with Crippen molar-refractivity contribution in [3.05, 3.63) is 17.7 Å². The fourth-order valence-electron chi connectivity index (χ4n) is 1.56. The number of nitrogens with zero attached hydrogens (tertiary/aromatic N) is 3. The molecule has 0 aliphatic heterocycles. The van der Waals surface area contributed by atoms with Crippen LogP contribution in [0.3, 0.4) is 0 Å². The zero-order valence-electron chi connectivity index (χ0n) is 8.62. The third kappa shape index (κ3) is 1.75. The smallest absolute Gasteiger partial charge is 0.122 e. The van der Waals surface area contributed by atoms with E-state index in [2.05, 4.69) is 35.5 Å². The van der Waals surface area contributed by atoms with Crippen LogP contribution in [0.25, 0.3) is 0 Å². The summed E-state index contributed by atoms with van der Waals surface area (Å²) in [5, 5.41) is 0. The van der Waals surface area contributed by atoms with Crippen LogP contribution >= 0.6 is 0 Å². The predicted octanol–water partition coefficient (Wildman–Crippen LogP) is 1.32. The third-order valence-corrected chi connectivity index (χ3v) is 2.88. The zero-order chi connectivity index (χ0) is 9.42. The van der Waals surface area contributed by atoms with E-state index in [9.17, 15) is 0 Å². The largest absolute Gasteiger partial charge is 0.334 e. The van der Waals surface area contributed by atoms with Gasteiger partial charge in [0.25, 0.3) is 0 Å². The molecule has 1 fully saturated rings. The summed E-state index contributed by atoms with van der Waals surface area (Å²) in [6, 6.07) is 0.817. The molecule has 0 amide bonds. The molecule has 1 aromatic heterocycles. The van der Waals surface area contributed by atoms with E-state index in [1.807, 2.05) is 6.20 Å². The van der Waals surface area contributed by atoms with Crippen LogP contribution in [-0.2, 0) is 13.6 Å². The molecular weight excluding hydrogens is 162 g/mol. The predicted molar refractivity (Wildman–Crippen MR) is 52.4 cm³/mol. The van der Waals surface area contributed by atoms with Gasteiger partial charge in [-0.15, -0.1) is 0 Å². The first kappa shape index (κ1) is 8.75. The lowest BCUT2D eigenvalue weighted by Gasteiger charge is -2.15. The second-order valence-electron chi connectivity index (χ2n) is 4.02. The van der Waals surface area contributed by atoms with Crippen molar-refractivity contribution in [3.63, 3.8) is 0 Å². The van der Waals surface area contributed by atoms with Gasteiger partial charge in [-0.05, 0) is 26.8 Å². The highest BCUT2D eigenvalue weighted by Crippen LogP contribution is 2.26. The van der Waals surface area contributed by atoms with Crippen molar-refractivity contribution >= 4 is 0 Å². The topological polar surface area (TPSA) is 21.1 Å². The van der Waals surface area contributed by atoms with Gasteiger partial charge in [0.15, 0.2) is 0 Å². The van der Waals surface area contributed by atoms with Crippen LogP contribution in [0, 0.1) is 6.92 Å². The number of imidazole rings is 1. The van der Waals surface area contributed by atoms with E-state index in [4.69, 9.17) is 0 Å². The molecule has 0 bridgehead atoms. The van der Waals surface area contributed by atoms with Crippen molar-refractivity contribution in [2.45, 2.75) is 32.4 Å². The Balaban J connectivity index is 2.03. The summed E-state index contributed by atoms with van der Waals surface area (Å²) in [4.78, 5) is 6.78. The minimum absolute atomic E-state index is 0.817. The van der Waals surface area contributed by atoms with Gasteiger partial charge in [-0.2, -0.15) is 0 Å². The molecule has 1 aliphatic carbocycles. The Labute approximate surface area is 79.4 Å². The monoisotopic (exact) mass is 179 g/mol. The van der Waals surface area contributed by atoms with E-state index in [0.29, 0.717) is 0 Å². The summed E-state index contributed by atoms with van der Waals surface area (Å²) >= 11 is 0. The average Bonchev–Trinajstić information content (AvgIpc) is 2.89. The van der Waals surface area contributed by atoms with Crippen molar-refractivity contribution in [3.8, 4) is 0 Å². The standard InChI is InChI=1S/C10H17N3/c1-8-6-11-10(13(8)3)7-12(2)9-4-5-9/h6,9H,4-5,7H2,1-3H3. The fraction of sp³-hybridized carbons (Fsp3) is 0.700. The minimum atomic E-state index is 0.817. The van der Waals surface area contributed by atoms with Crippen LogP contribution in [0.5, 0.6) is 0 Å². The Morgan fingerprint density at radius 2 is 2.31 bits per heavy atom. The molecular formula is C10H17N3. The van der Waals surface area contributed by atoms with Gasteiger partial charge in [0.2, 0.25) is 0 Å². The van der Waals surface area contributed by atoms with Crippen molar-refractivity contribution in [2.75, 3.05) is 7.05 Å². The molecule has 0 radical (unpaired) electrons. The lowest BCUT2D eigenvalue weighted by atomic mass is 10.5. The van der Waals surface area contributed by atoms with Crippen LogP contribution in [-0.4, -0.2) is 27.5 Å². The van der Waals surface area contributed by atoms with Gasteiger partial charge in [-0.3, -0.25) is 4.90 Å². The molecule has 1 saturated carbocycles. The summed E-state index contributed by atoms with van der Waals surface area (Å²) in [7, 11) is 4.26. The Morgan fingerprint density at radius 1 is 1.62 bits per heavy atom. The molecule has 13 heavy (non-hydrogen) atoms. The molecule has 0 N–H and O–H groups in total. The molecule has 1 aliphatic rings. The van der Waals surface area contributed by atoms with Gasteiger partial charge >= 0.3 is 0 Å². The Hall–Kier alpha value is -0.830. The Bertz CT molecular complexity index is 299. The molecule has 2 rings (SSSR count). The molecule has 0 spiro atoms. The van der Waals surface area contributed by atoms with E-state index < -0.39 is 0 Å². The second kappa shape index (κ2) is 3.14. The minimum Gasteiger partial charge on any atom is -0.334 e. The molecule has 0 aromatic carbocycles. The van der Waals surface area contributed by atoms with E-state index in [1.54, 1.807) is 0 Å². The highest BCUT2D eigenvalue weighted by Gasteiger charge is 2.26. The summed E-state index contributed by atoms with van der Waals surface area (Å²) < 4.78 is 2.17. The summed E-state index contributed by atoms with van der Waals surface area (Å²) in [6.07, 6.45) is 4.66. The van der Waals surface area contributed by atoms with E-state index >= 15 is 0 Å². The van der Waals surface area contributed by atoms with Gasteiger partial charge < -0.3 is 4.57 Å². The number of aromatic nitrogens is 2. The van der Waals surface area contributed by atoms with E-state index in [-0.39, 0.29) is 0 Å². The maximum Gasteiger partial charge on any atom is 0.122 e. The van der Waals surface area contributed by atoms with Crippen molar-refractivity contribution in [2.24, 2.45) is 7.05 Å². The molecule has 1 heterocycles. The summed E-state index contributed by atoms with van der Waals surface area (Å²) in [5.41, 5.74) is 1.24. The Morgan fingerprint density at radius 3 is 2.77 bits per heavy atom. The molecule has 72 valence electrons. The molecule has 0 saturated heterocycles. The molecule has 0 atom stereocenters. The van der Waals surface area contributed by atoms with E-state index in [0.717, 1.165) is 12.6 Å². The summed E-state index contributed by atoms with van der Waals surface area (Å²) in [5.74, 6) is 1.17. The normalized spacial score (nSPS) is 16.9. The fourth-order valence-corrected chi connectivity index (χ4v) is 1.56. The highest BCUT2D eigenvalue weighted by atomic mass is 15.2. The third-order valence-electron chi connectivity index (χ3n) is 2.88. The van der Waals surface area contributed by atoms with Crippen LogP contribution in [0.15, 0.2) is 6.20 Å². The molecule has 0 unspecified atom stereocenters. The number of hydrogen-bond acceptors (Lipinski definition) is 2. The van der Waals surface area contributed by atoms with Gasteiger partial charge in [-0.25, -0.2) is 4.98 Å². The zero-order valence-corrected chi connectivity index (χ0v) is 8.62. The highest BCUT2D eigenvalue weighted by molar-refractivity contribution is 5.02. The number of aryl methyl sites for hydroxylation is 1. The number of hydrogen-bond donors (Lipinski definition) is 0. The van der Waals surface area contributed by atoms with Gasteiger partial charge in [0, 0.05) is 25.0 Å². The van der Waals surface area contributed by atoms with Gasteiger partial charge in [0.1, 0.15) is 5.82 Å². The summed E-state index contributed by atoms with van der Waals surface area (Å²) in [6.45, 7) is 3.07. The van der Waals surface area contributed by atoms with Crippen LogP contribution in [0.4, 0.5) is 0 Å². The Kier molecular flexibility index (Phi) is 2.12.